The van der Waals surface area contributed by atoms with Crippen molar-refractivity contribution in [2.24, 2.45) is 14.1 Å². The highest BCUT2D eigenvalue weighted by Crippen LogP contribution is 2.25. The number of pyridine rings is 2. The molecule has 0 aliphatic carbocycles. The van der Waals surface area contributed by atoms with Crippen LogP contribution in [0, 0.1) is 13.8 Å². The molecule has 10 heteroatoms. The fourth-order valence-corrected chi connectivity index (χ4v) is 6.18. The number of fused-ring (bicyclic) bond motifs is 4. The molecule has 0 amide bonds. The number of aromatic nitrogens is 8. The van der Waals surface area contributed by atoms with Gasteiger partial charge in [-0.3, -0.25) is 9.36 Å². The molecule has 44 heavy (non-hydrogen) atoms. The Bertz CT molecular complexity index is 2310. The third-order valence-electron chi connectivity index (χ3n) is 8.33. The summed E-state index contributed by atoms with van der Waals surface area (Å²) in [5.74, 6) is 0. The van der Waals surface area contributed by atoms with E-state index in [0.29, 0.717) is 16.9 Å². The fraction of sp³-hybridized carbons (Fsp3) is 0.176. The Labute approximate surface area is 264 Å². The van der Waals surface area contributed by atoms with Crippen molar-refractivity contribution in [3.63, 3.8) is 0 Å². The molecule has 0 N–H and O–H groups in total. The van der Waals surface area contributed by atoms with Crippen LogP contribution in [0.25, 0.3) is 43.6 Å². The first kappa shape index (κ1) is 28.1. The highest BCUT2D eigenvalue weighted by Gasteiger charge is 2.10. The lowest BCUT2D eigenvalue weighted by molar-refractivity contribution is 0.696. The van der Waals surface area contributed by atoms with Gasteiger partial charge in [0.1, 0.15) is 10.3 Å². The second-order valence-electron chi connectivity index (χ2n) is 11.2. The summed E-state index contributed by atoms with van der Waals surface area (Å²) in [7, 11) is 4.18. The first-order valence-corrected chi connectivity index (χ1v) is 15.0. The van der Waals surface area contributed by atoms with Gasteiger partial charge in [0.25, 0.3) is 0 Å². The number of nitrogens with zero attached hydrogens (tertiary/aromatic N) is 8. The average Bonchev–Trinajstić information content (AvgIpc) is 3.75. The minimum atomic E-state index is 0.498. The lowest BCUT2D eigenvalue weighted by Crippen LogP contribution is -2.01. The molecule has 0 unspecified atom stereocenters. The van der Waals surface area contributed by atoms with Crippen LogP contribution in [0.4, 0.5) is 0 Å². The molecule has 0 aliphatic rings. The van der Waals surface area contributed by atoms with E-state index in [1.807, 2.05) is 27.7 Å². The second kappa shape index (κ2) is 11.1. The molecule has 0 saturated heterocycles. The van der Waals surface area contributed by atoms with Crippen LogP contribution >= 0.6 is 23.2 Å². The largest absolute Gasteiger partial charge is 0.348 e. The molecule has 2 aromatic carbocycles. The Morgan fingerprint density at radius 2 is 1.25 bits per heavy atom. The average molecular weight is 622 g/mol. The molecule has 0 bridgehead atoms. The summed E-state index contributed by atoms with van der Waals surface area (Å²) in [5.41, 5.74) is 9.33. The highest BCUT2D eigenvalue weighted by molar-refractivity contribution is 6.34. The van der Waals surface area contributed by atoms with Gasteiger partial charge in [0.05, 0.1) is 41.1 Å². The van der Waals surface area contributed by atoms with Crippen LogP contribution in [-0.4, -0.2) is 38.7 Å². The van der Waals surface area contributed by atoms with Crippen molar-refractivity contribution in [2.45, 2.75) is 26.9 Å². The zero-order valence-electron chi connectivity index (χ0n) is 24.8. The van der Waals surface area contributed by atoms with Gasteiger partial charge in [-0.25, -0.2) is 9.97 Å². The van der Waals surface area contributed by atoms with Gasteiger partial charge in [-0.1, -0.05) is 35.3 Å². The lowest BCUT2D eigenvalue weighted by Gasteiger charge is -2.05. The summed E-state index contributed by atoms with van der Waals surface area (Å²) in [4.78, 5) is 8.18. The summed E-state index contributed by atoms with van der Waals surface area (Å²) < 4.78 is 8.27. The van der Waals surface area contributed by atoms with Crippen LogP contribution in [0.2, 0.25) is 10.3 Å². The molecule has 8 nitrogen and oxygen atoms in total. The minimum absolute atomic E-state index is 0.498. The molecule has 0 spiro atoms. The second-order valence-corrected chi connectivity index (χ2v) is 11.9. The molecule has 8 rings (SSSR count). The van der Waals surface area contributed by atoms with Crippen molar-refractivity contribution in [3.05, 3.63) is 118 Å². The molecule has 0 radical (unpaired) electrons. The van der Waals surface area contributed by atoms with Gasteiger partial charge in [0.15, 0.2) is 0 Å². The summed E-state index contributed by atoms with van der Waals surface area (Å²) >= 11 is 12.2. The van der Waals surface area contributed by atoms with E-state index in [-0.39, 0.29) is 0 Å². The normalized spacial score (nSPS) is 11.6. The van der Waals surface area contributed by atoms with E-state index in [1.54, 1.807) is 18.6 Å². The Morgan fingerprint density at radius 3 is 1.89 bits per heavy atom. The molecule has 220 valence electrons. The van der Waals surface area contributed by atoms with E-state index in [9.17, 15) is 0 Å². The first-order chi connectivity index (χ1) is 21.2. The van der Waals surface area contributed by atoms with Gasteiger partial charge in [0, 0.05) is 65.9 Å². The number of halogens is 2. The van der Waals surface area contributed by atoms with Crippen LogP contribution in [-0.2, 0) is 27.2 Å². The smallest absolute Gasteiger partial charge is 0.139 e. The summed E-state index contributed by atoms with van der Waals surface area (Å²) in [6, 6.07) is 21.3. The van der Waals surface area contributed by atoms with Gasteiger partial charge in [-0.2, -0.15) is 10.2 Å². The minimum Gasteiger partial charge on any atom is -0.348 e. The fourth-order valence-electron chi connectivity index (χ4n) is 5.77. The molecule has 6 aromatic heterocycles. The summed E-state index contributed by atoms with van der Waals surface area (Å²) in [6.45, 7) is 5.67. The third kappa shape index (κ3) is 5.10. The van der Waals surface area contributed by atoms with E-state index < -0.39 is 0 Å². The summed E-state index contributed by atoms with van der Waals surface area (Å²) in [5, 5.41) is 14.3. The van der Waals surface area contributed by atoms with Gasteiger partial charge >= 0.3 is 0 Å². The quantitative estimate of drug-likeness (QED) is 0.188. The molecule has 0 saturated carbocycles. The number of hydrogen-bond donors (Lipinski definition) is 0. The van der Waals surface area contributed by atoms with E-state index in [4.69, 9.17) is 23.2 Å². The van der Waals surface area contributed by atoms with Crippen LogP contribution in [0.5, 0.6) is 0 Å². The van der Waals surface area contributed by atoms with Gasteiger partial charge in [0.2, 0.25) is 0 Å². The number of hydrogen-bond acceptors (Lipinski definition) is 4. The zero-order valence-corrected chi connectivity index (χ0v) is 26.3. The maximum Gasteiger partial charge on any atom is 0.139 e. The van der Waals surface area contributed by atoms with Crippen LogP contribution in [0.15, 0.2) is 85.5 Å². The van der Waals surface area contributed by atoms with E-state index >= 15 is 0 Å². The highest BCUT2D eigenvalue weighted by atomic mass is 35.5. The standard InChI is InChI=1S/2C17H15ClN4/c1-11-7-13-8-12(3-4-15(13)21(11)2)10-22-16-5-6-19-17(18)14(16)9-20-22;1-11-7-13-8-12(3-4-16(13)21(11)2)9-22-10-14-15(20-22)5-6-19-17(14)18/h3-9H,10H2,1-2H3;3-8,10H,9H2,1-2H3. The topological polar surface area (TPSA) is 71.3 Å². The van der Waals surface area contributed by atoms with Crippen LogP contribution in [0.1, 0.15) is 22.5 Å². The zero-order chi connectivity index (χ0) is 30.5. The molecular formula is C34H30Cl2N8. The van der Waals surface area contributed by atoms with Gasteiger partial charge in [-0.05, 0) is 73.5 Å². The molecule has 0 aliphatic heterocycles. The van der Waals surface area contributed by atoms with Crippen LogP contribution in [0.3, 0.4) is 0 Å². The Balaban J connectivity index is 0.000000142. The number of rotatable bonds is 4. The predicted molar refractivity (Wildman–Crippen MR) is 179 cm³/mol. The SMILES string of the molecule is Cc1cc2cc(Cn3cc4c(Cl)nccc4n3)ccc2n1C.Cc1cc2cc(Cn3ncc4c(Cl)nccc43)ccc2n1C. The number of aryl methyl sites for hydroxylation is 4. The van der Waals surface area contributed by atoms with E-state index in [1.165, 1.54) is 44.3 Å². The predicted octanol–water partition coefficient (Wildman–Crippen LogP) is 7.87. The van der Waals surface area contributed by atoms with Crippen molar-refractivity contribution >= 4 is 66.8 Å². The number of benzene rings is 2. The van der Waals surface area contributed by atoms with Crippen molar-refractivity contribution in [1.29, 1.82) is 0 Å². The van der Waals surface area contributed by atoms with Crippen molar-refractivity contribution in [3.8, 4) is 0 Å². The monoisotopic (exact) mass is 620 g/mol. The Hall–Kier alpha value is -4.66. The molecule has 0 fully saturated rings. The maximum absolute atomic E-state index is 6.10. The molecular weight excluding hydrogens is 591 g/mol. The van der Waals surface area contributed by atoms with E-state index in [0.717, 1.165) is 28.4 Å². The first-order valence-electron chi connectivity index (χ1n) is 14.3. The Morgan fingerprint density at radius 1 is 0.659 bits per heavy atom. The van der Waals surface area contributed by atoms with Crippen molar-refractivity contribution in [1.82, 2.24) is 38.7 Å². The Kier molecular flexibility index (Phi) is 7.11. The van der Waals surface area contributed by atoms with E-state index in [2.05, 4.69) is 106 Å². The van der Waals surface area contributed by atoms with Gasteiger partial charge in [-0.15, -0.1) is 0 Å². The molecule has 6 heterocycles. The van der Waals surface area contributed by atoms with Crippen molar-refractivity contribution < 1.29 is 0 Å². The molecule has 0 atom stereocenters. The van der Waals surface area contributed by atoms with Crippen LogP contribution < -0.4 is 0 Å². The summed E-state index contributed by atoms with van der Waals surface area (Å²) in [6.07, 6.45) is 7.12. The third-order valence-corrected chi connectivity index (χ3v) is 8.93. The molecule has 8 aromatic rings. The van der Waals surface area contributed by atoms with Gasteiger partial charge < -0.3 is 9.13 Å². The van der Waals surface area contributed by atoms with Crippen molar-refractivity contribution in [2.75, 3.05) is 0 Å². The lowest BCUT2D eigenvalue weighted by atomic mass is 10.1. The maximum atomic E-state index is 6.10.